The lowest BCUT2D eigenvalue weighted by Crippen LogP contribution is -2.11. The second-order valence-electron chi connectivity index (χ2n) is 17.6. The molecule has 0 aliphatic carbocycles. The fourth-order valence-corrected chi connectivity index (χ4v) is 9.18. The van der Waals surface area contributed by atoms with Crippen LogP contribution in [0.4, 0.5) is 5.69 Å². The molecular formula is C52H38N4O2. The molecular weight excluding hydrogens is 713 g/mol. The molecule has 7 aromatic carbocycles. The molecule has 0 unspecified atom stereocenters. The predicted molar refractivity (Wildman–Crippen MR) is 238 cm³/mol. The molecule has 0 saturated heterocycles. The molecule has 0 aliphatic rings. The molecule has 0 spiro atoms. The molecule has 0 fully saturated rings. The summed E-state index contributed by atoms with van der Waals surface area (Å²) in [6, 6.07) is 44.2. The van der Waals surface area contributed by atoms with Crippen LogP contribution in [0.2, 0.25) is 0 Å². The second-order valence-corrected chi connectivity index (χ2v) is 17.6. The highest BCUT2D eigenvalue weighted by atomic mass is 16.3. The molecule has 6 heteroatoms. The Morgan fingerprint density at radius 2 is 0.983 bits per heavy atom. The summed E-state index contributed by atoms with van der Waals surface area (Å²) in [5, 5.41) is 19.2. The number of nitrogens with zero attached hydrogens (tertiary/aromatic N) is 4. The van der Waals surface area contributed by atoms with Crippen molar-refractivity contribution in [2.75, 3.05) is 0 Å². The third kappa shape index (κ3) is 4.58. The minimum absolute atomic E-state index is 0.116. The highest BCUT2D eigenvalue weighted by molar-refractivity contribution is 6.26. The molecule has 58 heavy (non-hydrogen) atoms. The van der Waals surface area contributed by atoms with Crippen molar-refractivity contribution in [2.24, 2.45) is 0 Å². The van der Waals surface area contributed by atoms with Gasteiger partial charge in [-0.15, -0.1) is 0 Å². The zero-order chi connectivity index (χ0) is 39.8. The normalized spacial score (nSPS) is 12.6. The van der Waals surface area contributed by atoms with Crippen LogP contribution >= 0.6 is 0 Å². The Labute approximate surface area is 334 Å². The van der Waals surface area contributed by atoms with Gasteiger partial charge in [0, 0.05) is 32.3 Å². The van der Waals surface area contributed by atoms with Gasteiger partial charge in [0.25, 0.3) is 0 Å². The van der Waals surface area contributed by atoms with Gasteiger partial charge in [-0.2, -0.15) is 5.26 Å². The highest BCUT2D eigenvalue weighted by Gasteiger charge is 2.29. The average Bonchev–Trinajstić information content (AvgIpc) is 3.96. The minimum atomic E-state index is -0.117. The van der Waals surface area contributed by atoms with Gasteiger partial charge in [0.1, 0.15) is 28.4 Å². The Kier molecular flexibility index (Phi) is 6.82. The molecule has 4 heterocycles. The van der Waals surface area contributed by atoms with E-state index >= 15 is 0 Å². The molecule has 11 rings (SSSR count). The maximum atomic E-state index is 11.1. The van der Waals surface area contributed by atoms with Gasteiger partial charge < -0.3 is 18.0 Å². The first-order valence-corrected chi connectivity index (χ1v) is 19.7. The first-order valence-electron chi connectivity index (χ1n) is 19.7. The predicted octanol–water partition coefficient (Wildman–Crippen LogP) is 14.7. The van der Waals surface area contributed by atoms with Crippen LogP contribution in [-0.2, 0) is 10.8 Å². The number of rotatable bonds is 2. The smallest absolute Gasteiger partial charge is 0.212 e. The van der Waals surface area contributed by atoms with Gasteiger partial charge in [-0.1, -0.05) is 102 Å². The molecule has 0 atom stereocenters. The van der Waals surface area contributed by atoms with Crippen LogP contribution < -0.4 is 0 Å². The Morgan fingerprint density at radius 3 is 1.45 bits per heavy atom. The Bertz CT molecular complexity index is 3430. The van der Waals surface area contributed by atoms with Crippen LogP contribution in [0, 0.1) is 17.9 Å². The van der Waals surface area contributed by atoms with E-state index in [1.54, 1.807) is 12.1 Å². The van der Waals surface area contributed by atoms with E-state index in [1.807, 2.05) is 36.4 Å². The Morgan fingerprint density at radius 1 is 0.517 bits per heavy atom. The van der Waals surface area contributed by atoms with Crippen molar-refractivity contribution in [1.29, 1.82) is 5.26 Å². The molecule has 0 radical (unpaired) electrons. The first kappa shape index (κ1) is 34.0. The van der Waals surface area contributed by atoms with E-state index in [2.05, 4.69) is 134 Å². The van der Waals surface area contributed by atoms with Gasteiger partial charge in [0.2, 0.25) is 5.69 Å². The topological polar surface area (TPSA) is 64.3 Å². The summed E-state index contributed by atoms with van der Waals surface area (Å²) in [6.07, 6.45) is 0. The van der Waals surface area contributed by atoms with E-state index in [0.717, 1.165) is 87.5 Å². The van der Waals surface area contributed by atoms with Crippen LogP contribution in [0.5, 0.6) is 0 Å². The zero-order valence-electron chi connectivity index (χ0n) is 33.2. The van der Waals surface area contributed by atoms with Gasteiger partial charge in [0.05, 0.1) is 56.3 Å². The first-order chi connectivity index (χ1) is 28.0. The summed E-state index contributed by atoms with van der Waals surface area (Å²) < 4.78 is 17.8. The number of hydrogen-bond donors (Lipinski definition) is 0. The number of benzene rings is 7. The summed E-state index contributed by atoms with van der Waals surface area (Å²) in [5.41, 5.74) is 11.2. The third-order valence-corrected chi connectivity index (χ3v) is 12.1. The van der Waals surface area contributed by atoms with E-state index in [-0.39, 0.29) is 10.8 Å². The molecule has 0 bridgehead atoms. The van der Waals surface area contributed by atoms with Gasteiger partial charge in [-0.25, -0.2) is 4.85 Å². The number of nitriles is 1. The molecule has 4 aromatic heterocycles. The molecule has 0 amide bonds. The van der Waals surface area contributed by atoms with Crippen LogP contribution in [0.3, 0.4) is 0 Å². The molecule has 6 nitrogen and oxygen atoms in total. The van der Waals surface area contributed by atoms with Gasteiger partial charge in [-0.05, 0) is 82.6 Å². The molecule has 0 saturated carbocycles. The number of furan rings is 2. The number of fused-ring (bicyclic) bond motifs is 14. The minimum Gasteiger partial charge on any atom is -0.455 e. The molecule has 11 aromatic rings. The van der Waals surface area contributed by atoms with Crippen molar-refractivity contribution in [3.63, 3.8) is 0 Å². The standard InChI is InChI=1S/C52H38N4O2/c1-51(2,3)30-17-22-39-36(26-30)45-41(24-19-34-32-12-8-10-14-43(32)57-49(34)45)55(39)47-29(28-53)16-21-38(54-7)48(47)56-40-23-18-31(52(4,5)6)27-37(40)46-42(56)25-20-35-33-13-9-11-15-44(33)58-50(35)46/h8-27H,1-6H3. The van der Waals surface area contributed by atoms with Gasteiger partial charge in [-0.3, -0.25) is 0 Å². The van der Waals surface area contributed by atoms with Crippen molar-refractivity contribution in [1.82, 2.24) is 9.13 Å². The quantitative estimate of drug-likeness (QED) is 0.165. The molecule has 0 N–H and O–H groups in total. The monoisotopic (exact) mass is 750 g/mol. The SMILES string of the molecule is [C-]#[N+]c1ccc(C#N)c(-n2c3ccc(C(C)(C)C)cc3c3c4oc5ccccc5c4ccc32)c1-n1c2ccc(C(C)(C)C)cc2c2c3oc4ccccc4c3ccc21. The number of para-hydroxylation sites is 2. The van der Waals surface area contributed by atoms with Crippen molar-refractivity contribution < 1.29 is 8.83 Å². The molecule has 278 valence electrons. The Hall–Kier alpha value is -7.28. The lowest BCUT2D eigenvalue weighted by atomic mass is 9.86. The van der Waals surface area contributed by atoms with Crippen LogP contribution in [0.25, 0.3) is 104 Å². The third-order valence-electron chi connectivity index (χ3n) is 12.1. The van der Waals surface area contributed by atoms with E-state index in [9.17, 15) is 5.26 Å². The fraction of sp³-hybridized carbons (Fsp3) is 0.154. The maximum absolute atomic E-state index is 11.1. The van der Waals surface area contributed by atoms with Crippen LogP contribution in [0.1, 0.15) is 58.2 Å². The lowest BCUT2D eigenvalue weighted by molar-refractivity contribution is 0.591. The summed E-state index contributed by atoms with van der Waals surface area (Å²) in [6.45, 7) is 22.0. The maximum Gasteiger partial charge on any atom is 0.212 e. The van der Waals surface area contributed by atoms with E-state index < -0.39 is 0 Å². The van der Waals surface area contributed by atoms with Crippen molar-refractivity contribution >= 4 is 93.2 Å². The van der Waals surface area contributed by atoms with E-state index in [4.69, 9.17) is 15.4 Å². The van der Waals surface area contributed by atoms with Gasteiger partial charge in [0.15, 0.2) is 0 Å². The van der Waals surface area contributed by atoms with Crippen molar-refractivity contribution in [3.8, 4) is 17.4 Å². The molecule has 0 aliphatic heterocycles. The second kappa shape index (κ2) is 11.6. The van der Waals surface area contributed by atoms with Crippen LogP contribution in [-0.4, -0.2) is 9.13 Å². The Balaban J connectivity index is 1.35. The van der Waals surface area contributed by atoms with Gasteiger partial charge >= 0.3 is 0 Å². The van der Waals surface area contributed by atoms with Crippen LogP contribution in [0.15, 0.2) is 130 Å². The fourth-order valence-electron chi connectivity index (χ4n) is 9.18. The highest BCUT2D eigenvalue weighted by Crippen LogP contribution is 2.48. The average molecular weight is 751 g/mol. The largest absolute Gasteiger partial charge is 0.455 e. The van der Waals surface area contributed by atoms with E-state index in [1.165, 1.54) is 11.1 Å². The summed E-state index contributed by atoms with van der Waals surface area (Å²) in [7, 11) is 0. The number of aromatic nitrogens is 2. The van der Waals surface area contributed by atoms with Crippen molar-refractivity contribution in [2.45, 2.75) is 52.4 Å². The number of hydrogen-bond acceptors (Lipinski definition) is 3. The summed E-state index contributed by atoms with van der Waals surface area (Å²) >= 11 is 0. The summed E-state index contributed by atoms with van der Waals surface area (Å²) in [5.74, 6) is 0. The zero-order valence-corrected chi connectivity index (χ0v) is 33.2. The van der Waals surface area contributed by atoms with E-state index in [0.29, 0.717) is 22.6 Å². The summed E-state index contributed by atoms with van der Waals surface area (Å²) in [4.78, 5) is 4.19. The lowest BCUT2D eigenvalue weighted by Gasteiger charge is -2.21. The van der Waals surface area contributed by atoms with Crippen molar-refractivity contribution in [3.05, 3.63) is 149 Å².